The quantitative estimate of drug-likeness (QED) is 0.417. The molecule has 1 fully saturated rings. The van der Waals surface area contributed by atoms with Crippen LogP contribution in [-0.2, 0) is 9.84 Å². The lowest BCUT2D eigenvalue weighted by Crippen LogP contribution is -2.42. The van der Waals surface area contributed by atoms with Crippen molar-refractivity contribution in [2.24, 2.45) is 0 Å². The van der Waals surface area contributed by atoms with E-state index in [1.807, 2.05) is 0 Å². The van der Waals surface area contributed by atoms with E-state index in [-0.39, 0.29) is 21.2 Å². The van der Waals surface area contributed by atoms with Gasteiger partial charge in [0.05, 0.1) is 33.6 Å². The van der Waals surface area contributed by atoms with Crippen molar-refractivity contribution in [1.29, 1.82) is 5.26 Å². The van der Waals surface area contributed by atoms with Crippen molar-refractivity contribution < 1.29 is 8.42 Å². The lowest BCUT2D eigenvalue weighted by atomic mass is 10.0. The van der Waals surface area contributed by atoms with E-state index in [9.17, 15) is 18.0 Å². The van der Waals surface area contributed by atoms with E-state index in [4.69, 9.17) is 5.26 Å². The van der Waals surface area contributed by atoms with Crippen molar-refractivity contribution in [3.63, 3.8) is 0 Å². The predicted octanol–water partition coefficient (Wildman–Crippen LogP) is 1.95. The molecule has 0 amide bonds. The number of rotatable bonds is 5. The van der Waals surface area contributed by atoms with Crippen molar-refractivity contribution in [3.8, 4) is 6.07 Å². The molecule has 5 rings (SSSR count). The maximum absolute atomic E-state index is 13.5. The first-order chi connectivity index (χ1) is 16.4. The molecule has 0 radical (unpaired) electrons. The van der Waals surface area contributed by atoms with Crippen LogP contribution in [-0.4, -0.2) is 52.5 Å². The zero-order valence-electron chi connectivity index (χ0n) is 18.2. The third-order valence-corrected chi connectivity index (χ3v) is 8.14. The summed E-state index contributed by atoms with van der Waals surface area (Å²) in [6.07, 6.45) is 4.43. The Bertz CT molecular complexity index is 1640. The van der Waals surface area contributed by atoms with Crippen LogP contribution >= 0.6 is 0 Å². The molecule has 0 atom stereocenters. The van der Waals surface area contributed by atoms with E-state index < -0.39 is 21.0 Å². The summed E-state index contributed by atoms with van der Waals surface area (Å²) in [6.45, 7) is 1.99. The summed E-state index contributed by atoms with van der Waals surface area (Å²) in [5, 5.41) is 9.13. The maximum atomic E-state index is 13.5. The second kappa shape index (κ2) is 8.55. The molecular weight excluding hydrogens is 456 g/mol. The van der Waals surface area contributed by atoms with Crippen LogP contribution < -0.4 is 11.1 Å². The number of aromatic amines is 2. The molecule has 10 nitrogen and oxygen atoms in total. The van der Waals surface area contributed by atoms with Gasteiger partial charge in [0, 0.05) is 38.3 Å². The van der Waals surface area contributed by atoms with Gasteiger partial charge in [0.2, 0.25) is 9.84 Å². The first kappa shape index (κ1) is 22.1. The Labute approximate surface area is 194 Å². The van der Waals surface area contributed by atoms with E-state index in [0.29, 0.717) is 55.6 Å². The number of aromatic nitrogens is 4. The van der Waals surface area contributed by atoms with Crippen molar-refractivity contribution in [2.75, 3.05) is 19.6 Å². The molecule has 4 heterocycles. The number of benzene rings is 1. The predicted molar refractivity (Wildman–Crippen MR) is 125 cm³/mol. The number of pyridine rings is 1. The fourth-order valence-electron chi connectivity index (χ4n) is 4.68. The van der Waals surface area contributed by atoms with Crippen LogP contribution in [0.3, 0.4) is 0 Å². The van der Waals surface area contributed by atoms with Crippen molar-refractivity contribution in [1.82, 2.24) is 24.4 Å². The van der Waals surface area contributed by atoms with Gasteiger partial charge in [-0.25, -0.2) is 13.4 Å². The molecule has 174 valence electrons. The highest BCUT2D eigenvalue weighted by atomic mass is 32.2. The Hall–Kier alpha value is -3.75. The number of nitrogens with one attached hydrogen (secondary N) is 2. The van der Waals surface area contributed by atoms with E-state index in [2.05, 4.69) is 25.9 Å². The standard InChI is InChI=1S/C23H22N6O4S/c24-9-4-10-28-11-7-15(8-12-28)29-20-17(27-22(30)23(29)31)13-25-21-19(20)18(14-26-21)34(32,33)16-5-2-1-3-6-16/h1-3,5-6,13-15H,4,7-8,10-12H2,(H,25,26)(H,27,30). The molecule has 11 heteroatoms. The Morgan fingerprint density at radius 3 is 2.59 bits per heavy atom. The van der Waals surface area contributed by atoms with Crippen LogP contribution in [0.5, 0.6) is 0 Å². The molecule has 0 saturated carbocycles. The molecular formula is C23H22N6O4S. The van der Waals surface area contributed by atoms with Crippen LogP contribution in [0.4, 0.5) is 0 Å². The van der Waals surface area contributed by atoms with Gasteiger partial charge in [0.15, 0.2) is 0 Å². The third-order valence-electron chi connectivity index (χ3n) is 6.35. The minimum absolute atomic E-state index is 0.00143. The monoisotopic (exact) mass is 478 g/mol. The van der Waals surface area contributed by atoms with Crippen LogP contribution in [0, 0.1) is 11.3 Å². The van der Waals surface area contributed by atoms with Crippen molar-refractivity contribution in [3.05, 3.63) is 63.4 Å². The van der Waals surface area contributed by atoms with Crippen LogP contribution in [0.15, 0.2) is 62.1 Å². The van der Waals surface area contributed by atoms with Crippen LogP contribution in [0.25, 0.3) is 22.1 Å². The zero-order chi connectivity index (χ0) is 23.9. The second-order valence-electron chi connectivity index (χ2n) is 8.32. The highest BCUT2D eigenvalue weighted by Gasteiger charge is 2.28. The highest BCUT2D eigenvalue weighted by Crippen LogP contribution is 2.33. The summed E-state index contributed by atoms with van der Waals surface area (Å²) < 4.78 is 28.4. The average molecular weight is 479 g/mol. The van der Waals surface area contributed by atoms with Gasteiger partial charge in [-0.3, -0.25) is 14.2 Å². The molecule has 0 aliphatic carbocycles. The minimum atomic E-state index is -3.92. The van der Waals surface area contributed by atoms with Gasteiger partial charge in [-0.2, -0.15) is 5.26 Å². The average Bonchev–Trinajstić information content (AvgIpc) is 3.30. The fourth-order valence-corrected chi connectivity index (χ4v) is 6.12. The van der Waals surface area contributed by atoms with Gasteiger partial charge in [0.25, 0.3) is 0 Å². The number of fused-ring (bicyclic) bond motifs is 3. The van der Waals surface area contributed by atoms with Gasteiger partial charge in [0.1, 0.15) is 10.5 Å². The normalized spacial score (nSPS) is 15.6. The molecule has 1 saturated heterocycles. The summed E-state index contributed by atoms with van der Waals surface area (Å²) in [7, 11) is -3.92. The Morgan fingerprint density at radius 2 is 1.88 bits per heavy atom. The number of likely N-dealkylation sites (tertiary alicyclic amines) is 1. The number of hydrogen-bond donors (Lipinski definition) is 2. The molecule has 34 heavy (non-hydrogen) atoms. The number of nitrogens with zero attached hydrogens (tertiary/aromatic N) is 4. The molecule has 1 aliphatic heterocycles. The van der Waals surface area contributed by atoms with E-state index in [0.717, 1.165) is 0 Å². The summed E-state index contributed by atoms with van der Waals surface area (Å²) in [4.78, 5) is 37.7. The molecule has 1 aromatic carbocycles. The minimum Gasteiger partial charge on any atom is -0.345 e. The number of H-pyrrole nitrogens is 2. The number of piperidine rings is 1. The van der Waals surface area contributed by atoms with Gasteiger partial charge in [-0.15, -0.1) is 0 Å². The Kier molecular flexibility index (Phi) is 5.55. The first-order valence-electron chi connectivity index (χ1n) is 11.0. The second-order valence-corrected chi connectivity index (χ2v) is 10.2. The lowest BCUT2D eigenvalue weighted by molar-refractivity contribution is 0.190. The molecule has 4 aromatic rings. The molecule has 2 N–H and O–H groups in total. The van der Waals surface area contributed by atoms with Gasteiger partial charge >= 0.3 is 11.1 Å². The van der Waals surface area contributed by atoms with Crippen molar-refractivity contribution in [2.45, 2.75) is 35.1 Å². The largest absolute Gasteiger partial charge is 0.345 e. The van der Waals surface area contributed by atoms with Gasteiger partial charge in [-0.1, -0.05) is 18.2 Å². The van der Waals surface area contributed by atoms with E-state index in [1.54, 1.807) is 18.2 Å². The lowest BCUT2D eigenvalue weighted by Gasteiger charge is -2.32. The van der Waals surface area contributed by atoms with Gasteiger partial charge in [-0.05, 0) is 25.0 Å². The number of hydrogen-bond acceptors (Lipinski definition) is 7. The third kappa shape index (κ3) is 3.61. The molecule has 1 aliphatic rings. The summed E-state index contributed by atoms with van der Waals surface area (Å²) in [5.41, 5.74) is -0.536. The molecule has 0 unspecified atom stereocenters. The molecule has 3 aromatic heterocycles. The highest BCUT2D eigenvalue weighted by molar-refractivity contribution is 7.91. The van der Waals surface area contributed by atoms with E-state index in [1.165, 1.54) is 29.1 Å². The fraction of sp³-hybridized carbons (Fsp3) is 0.304. The SMILES string of the molecule is N#CCCN1CCC(n2c(=O)c(=O)[nH]c3cnc4[nH]cc(S(=O)(=O)c5ccccc5)c4c32)CC1. The summed E-state index contributed by atoms with van der Waals surface area (Å²) in [5.74, 6) is 0. The van der Waals surface area contributed by atoms with Crippen molar-refractivity contribution >= 4 is 31.9 Å². The first-order valence-corrected chi connectivity index (χ1v) is 12.4. The zero-order valence-corrected chi connectivity index (χ0v) is 19.0. The number of nitriles is 1. The van der Waals surface area contributed by atoms with Crippen LogP contribution in [0.2, 0.25) is 0 Å². The maximum Gasteiger partial charge on any atom is 0.317 e. The Balaban J connectivity index is 1.72. The topological polar surface area (TPSA) is 145 Å². The van der Waals surface area contributed by atoms with Crippen LogP contribution in [0.1, 0.15) is 25.3 Å². The number of sulfone groups is 1. The Morgan fingerprint density at radius 1 is 1.15 bits per heavy atom. The molecule has 0 bridgehead atoms. The van der Waals surface area contributed by atoms with E-state index >= 15 is 0 Å². The summed E-state index contributed by atoms with van der Waals surface area (Å²) >= 11 is 0. The summed E-state index contributed by atoms with van der Waals surface area (Å²) in [6, 6.07) is 9.90. The smallest absolute Gasteiger partial charge is 0.317 e. The molecule has 0 spiro atoms. The van der Waals surface area contributed by atoms with Gasteiger partial charge < -0.3 is 14.9 Å².